The van der Waals surface area contributed by atoms with Gasteiger partial charge in [-0.15, -0.1) is 0 Å². The second kappa shape index (κ2) is 11.8. The molecule has 182 valence electrons. The molecule has 0 radical (unpaired) electrons. The molecule has 2 aromatic rings. The Balaban J connectivity index is 1.14. The molecule has 0 atom stereocenters. The van der Waals surface area contributed by atoms with E-state index in [1.165, 1.54) is 5.69 Å². The molecule has 2 N–H and O–H groups in total. The highest BCUT2D eigenvalue weighted by molar-refractivity contribution is 5.99. The molecule has 0 bridgehead atoms. The van der Waals surface area contributed by atoms with Crippen molar-refractivity contribution in [2.75, 3.05) is 70.5 Å². The predicted molar refractivity (Wildman–Crippen MR) is 134 cm³/mol. The molecule has 34 heavy (non-hydrogen) atoms. The zero-order valence-electron chi connectivity index (χ0n) is 20.0. The van der Waals surface area contributed by atoms with Crippen LogP contribution in [0.1, 0.15) is 18.4 Å². The van der Waals surface area contributed by atoms with Crippen LogP contribution in [0.25, 0.3) is 6.08 Å². The molecule has 0 aromatic heterocycles. The van der Waals surface area contributed by atoms with Gasteiger partial charge in [-0.1, -0.05) is 6.07 Å². The Morgan fingerprint density at radius 2 is 1.91 bits per heavy atom. The average molecular weight is 467 g/mol. The largest absolute Gasteiger partial charge is 0.497 e. The van der Waals surface area contributed by atoms with Gasteiger partial charge in [-0.05, 0) is 61.9 Å². The van der Waals surface area contributed by atoms with Gasteiger partial charge in [-0.3, -0.25) is 20.0 Å². The lowest BCUT2D eigenvalue weighted by molar-refractivity contribution is -0.117. The summed E-state index contributed by atoms with van der Waals surface area (Å²) in [4.78, 5) is 22.5. The molecule has 2 aromatic carbocycles. The van der Waals surface area contributed by atoms with Crippen LogP contribution >= 0.6 is 0 Å². The lowest BCUT2D eigenvalue weighted by Crippen LogP contribution is -2.46. The molecule has 0 unspecified atom stereocenters. The molecule has 1 fully saturated rings. The van der Waals surface area contributed by atoms with Crippen molar-refractivity contribution in [2.45, 2.75) is 12.8 Å². The van der Waals surface area contributed by atoms with Crippen molar-refractivity contribution in [2.24, 2.45) is 0 Å². The Labute approximate surface area is 201 Å². The molecule has 0 spiro atoms. The number of unbranched alkanes of at least 4 members (excludes halogenated alkanes) is 1. The number of fused-ring (bicyclic) bond motifs is 1. The first kappa shape index (κ1) is 23.9. The van der Waals surface area contributed by atoms with Crippen molar-refractivity contribution >= 4 is 23.4 Å². The van der Waals surface area contributed by atoms with E-state index in [-0.39, 0.29) is 5.91 Å². The van der Waals surface area contributed by atoms with Gasteiger partial charge in [0.25, 0.3) is 5.91 Å². The van der Waals surface area contributed by atoms with Crippen LogP contribution in [0.5, 0.6) is 11.5 Å². The normalized spacial score (nSPS) is 15.7. The summed E-state index contributed by atoms with van der Waals surface area (Å²) in [5, 5.41) is 3.03. The van der Waals surface area contributed by atoms with E-state index in [2.05, 4.69) is 32.7 Å². The Bertz CT molecular complexity index is 1000. The van der Waals surface area contributed by atoms with Crippen molar-refractivity contribution in [3.8, 4) is 11.5 Å². The van der Waals surface area contributed by atoms with Gasteiger partial charge < -0.3 is 19.7 Å². The van der Waals surface area contributed by atoms with E-state index in [1.807, 2.05) is 36.4 Å². The third-order valence-electron chi connectivity index (χ3n) is 6.21. The third-order valence-corrected chi connectivity index (χ3v) is 6.21. The van der Waals surface area contributed by atoms with E-state index in [9.17, 15) is 4.79 Å². The number of piperazine rings is 1. The zero-order valence-corrected chi connectivity index (χ0v) is 20.0. The van der Waals surface area contributed by atoms with E-state index in [0.29, 0.717) is 18.7 Å². The Morgan fingerprint density at radius 3 is 2.71 bits per heavy atom. The second-order valence-corrected chi connectivity index (χ2v) is 8.51. The number of carbonyl (C=O) groups excluding carboxylic acids is 1. The van der Waals surface area contributed by atoms with Crippen LogP contribution in [0.2, 0.25) is 0 Å². The quantitative estimate of drug-likeness (QED) is 0.412. The smallest absolute Gasteiger partial charge is 0.250 e. The van der Waals surface area contributed by atoms with Gasteiger partial charge in [0.15, 0.2) is 0 Å². The predicted octanol–water partition coefficient (Wildman–Crippen LogP) is 3.16. The van der Waals surface area contributed by atoms with Crippen LogP contribution in [-0.2, 0) is 9.63 Å². The van der Waals surface area contributed by atoms with Crippen LogP contribution in [-0.4, -0.2) is 70.9 Å². The van der Waals surface area contributed by atoms with Gasteiger partial charge in [0, 0.05) is 44.0 Å². The number of anilines is 2. The molecule has 0 saturated carbocycles. The standard InChI is InChI=1S/C26H34N4O4/c1-32-24-8-9-25-20(17-24)16-21(19-34-25)26(31)27-10-3-4-11-29-12-14-30(15-13-29)23-7-5-6-22(18-23)28-33-2/h5-9,16-18,28H,3-4,10-15,19H2,1-2H3,(H,27,31). The van der Waals surface area contributed by atoms with Gasteiger partial charge in [0.05, 0.1) is 25.5 Å². The maximum atomic E-state index is 12.5. The Kier molecular flexibility index (Phi) is 8.27. The second-order valence-electron chi connectivity index (χ2n) is 8.51. The minimum Gasteiger partial charge on any atom is -0.497 e. The molecule has 4 rings (SSSR count). The lowest BCUT2D eigenvalue weighted by Gasteiger charge is -2.36. The number of benzene rings is 2. The van der Waals surface area contributed by atoms with Crippen LogP contribution in [0.4, 0.5) is 11.4 Å². The summed E-state index contributed by atoms with van der Waals surface area (Å²) >= 11 is 0. The van der Waals surface area contributed by atoms with E-state index in [4.69, 9.17) is 14.3 Å². The van der Waals surface area contributed by atoms with Crippen LogP contribution in [0.3, 0.4) is 0 Å². The fourth-order valence-electron chi connectivity index (χ4n) is 4.30. The maximum absolute atomic E-state index is 12.5. The number of methoxy groups -OCH3 is 1. The first-order valence-corrected chi connectivity index (χ1v) is 11.8. The van der Waals surface area contributed by atoms with E-state index >= 15 is 0 Å². The van der Waals surface area contributed by atoms with Gasteiger partial charge in [0.1, 0.15) is 18.1 Å². The van der Waals surface area contributed by atoms with Crippen LogP contribution < -0.4 is 25.2 Å². The highest BCUT2D eigenvalue weighted by atomic mass is 16.6. The first-order chi connectivity index (χ1) is 16.7. The summed E-state index contributed by atoms with van der Waals surface area (Å²) in [5.74, 6) is 1.46. The molecular formula is C26H34N4O4. The molecule has 8 heteroatoms. The van der Waals surface area contributed by atoms with E-state index < -0.39 is 0 Å². The summed E-state index contributed by atoms with van der Waals surface area (Å²) in [6, 6.07) is 13.9. The summed E-state index contributed by atoms with van der Waals surface area (Å²) in [7, 11) is 3.25. The van der Waals surface area contributed by atoms with Crippen molar-refractivity contribution in [3.63, 3.8) is 0 Å². The van der Waals surface area contributed by atoms with Gasteiger partial charge in [0.2, 0.25) is 0 Å². The van der Waals surface area contributed by atoms with Crippen LogP contribution in [0, 0.1) is 0 Å². The van der Waals surface area contributed by atoms with Gasteiger partial charge >= 0.3 is 0 Å². The first-order valence-electron chi connectivity index (χ1n) is 11.8. The van der Waals surface area contributed by atoms with Crippen molar-refractivity contribution in [1.82, 2.24) is 10.2 Å². The van der Waals surface area contributed by atoms with Gasteiger partial charge in [-0.2, -0.15) is 0 Å². The molecule has 2 heterocycles. The van der Waals surface area contributed by atoms with Crippen molar-refractivity contribution in [3.05, 3.63) is 53.6 Å². The fourth-order valence-corrected chi connectivity index (χ4v) is 4.30. The SMILES string of the molecule is CONc1cccc(N2CCN(CCCCNC(=O)C3=Cc4cc(OC)ccc4OC3)CC2)c1. The van der Waals surface area contributed by atoms with E-state index in [0.717, 1.165) is 68.3 Å². The average Bonchev–Trinajstić information content (AvgIpc) is 2.88. The van der Waals surface area contributed by atoms with Crippen LogP contribution in [0.15, 0.2) is 48.0 Å². The summed E-state index contributed by atoms with van der Waals surface area (Å²) in [5.41, 5.74) is 6.58. The molecule has 8 nitrogen and oxygen atoms in total. The molecule has 1 saturated heterocycles. The lowest BCUT2D eigenvalue weighted by atomic mass is 10.1. The summed E-state index contributed by atoms with van der Waals surface area (Å²) in [6.45, 7) is 6.11. The minimum absolute atomic E-state index is 0.0627. The number of carbonyl (C=O) groups is 1. The highest BCUT2D eigenvalue weighted by Crippen LogP contribution is 2.30. The number of rotatable bonds is 10. The monoisotopic (exact) mass is 466 g/mol. The molecule has 2 aliphatic heterocycles. The fraction of sp³-hybridized carbons (Fsp3) is 0.423. The Morgan fingerprint density at radius 1 is 1.06 bits per heavy atom. The highest BCUT2D eigenvalue weighted by Gasteiger charge is 2.19. The zero-order chi connectivity index (χ0) is 23.8. The Hall–Kier alpha value is -3.23. The molecule has 1 amide bonds. The minimum atomic E-state index is -0.0627. The van der Waals surface area contributed by atoms with Crippen molar-refractivity contribution < 1.29 is 19.1 Å². The third kappa shape index (κ3) is 6.21. The van der Waals surface area contributed by atoms with Crippen molar-refractivity contribution in [1.29, 1.82) is 0 Å². The summed E-state index contributed by atoms with van der Waals surface area (Å²) in [6.07, 6.45) is 3.90. The number of ether oxygens (including phenoxy) is 2. The van der Waals surface area contributed by atoms with E-state index in [1.54, 1.807) is 14.2 Å². The number of nitrogens with one attached hydrogen (secondary N) is 2. The van der Waals surface area contributed by atoms with Gasteiger partial charge in [-0.25, -0.2) is 0 Å². The number of nitrogens with zero attached hydrogens (tertiary/aromatic N) is 2. The molecule has 2 aliphatic rings. The molecule has 0 aliphatic carbocycles. The number of hydrogen-bond acceptors (Lipinski definition) is 7. The maximum Gasteiger partial charge on any atom is 0.250 e. The summed E-state index contributed by atoms with van der Waals surface area (Å²) < 4.78 is 11.0. The number of hydrogen-bond donors (Lipinski definition) is 2. The number of amides is 1. The topological polar surface area (TPSA) is 75.3 Å². The molecular weight excluding hydrogens is 432 g/mol.